The van der Waals surface area contributed by atoms with Crippen LogP contribution in [-0.4, -0.2) is 35.5 Å². The minimum Gasteiger partial charge on any atom is -0.368 e. The lowest BCUT2D eigenvalue weighted by molar-refractivity contribution is -0.127. The van der Waals surface area contributed by atoms with Crippen molar-refractivity contribution in [2.45, 2.75) is 25.8 Å². The van der Waals surface area contributed by atoms with Crippen LogP contribution in [0.1, 0.15) is 20.3 Å². The van der Waals surface area contributed by atoms with Gasteiger partial charge in [0.05, 0.1) is 0 Å². The first-order valence-corrected chi connectivity index (χ1v) is 4.31. The summed E-state index contributed by atoms with van der Waals surface area (Å²) >= 11 is 0. The Labute approximate surface area is 77.3 Å². The van der Waals surface area contributed by atoms with Gasteiger partial charge in [-0.3, -0.25) is 4.79 Å². The Bertz CT molecular complexity index is 238. The fourth-order valence-electron chi connectivity index (χ4n) is 1.30. The monoisotopic (exact) mass is 185 g/mol. The number of carbonyl (C=O) groups is 2. The summed E-state index contributed by atoms with van der Waals surface area (Å²) < 4.78 is 0. The molecule has 3 amide bonds. The van der Waals surface area contributed by atoms with Crippen molar-refractivity contribution >= 4 is 11.9 Å². The number of urea groups is 1. The third-order valence-corrected chi connectivity index (χ3v) is 2.36. The number of nitrogens with zero attached hydrogens (tertiary/aromatic N) is 1. The van der Waals surface area contributed by atoms with E-state index in [4.69, 9.17) is 5.73 Å². The summed E-state index contributed by atoms with van der Waals surface area (Å²) in [6.07, 6.45) is 0.850. The molecule has 1 heterocycles. The molecule has 1 fully saturated rings. The summed E-state index contributed by atoms with van der Waals surface area (Å²) in [5.74, 6) is -0.482. The smallest absolute Gasteiger partial charge is 0.318 e. The molecule has 0 saturated carbocycles. The van der Waals surface area contributed by atoms with Crippen LogP contribution in [0.15, 0.2) is 0 Å². The van der Waals surface area contributed by atoms with E-state index in [1.807, 2.05) is 0 Å². The highest BCUT2D eigenvalue weighted by Crippen LogP contribution is 2.16. The van der Waals surface area contributed by atoms with Crippen LogP contribution < -0.4 is 11.1 Å². The molecule has 0 unspecified atom stereocenters. The number of nitrogens with one attached hydrogen (secondary N) is 1. The third kappa shape index (κ3) is 1.74. The molecule has 0 aromatic carbocycles. The molecular formula is C8H15N3O2. The SMILES string of the molecule is CC(C)(C(N)=O)N1CCCNC1=O. The predicted molar refractivity (Wildman–Crippen MR) is 48.0 cm³/mol. The van der Waals surface area contributed by atoms with Crippen molar-refractivity contribution in [3.05, 3.63) is 0 Å². The van der Waals surface area contributed by atoms with E-state index in [1.54, 1.807) is 13.8 Å². The molecule has 0 radical (unpaired) electrons. The fourth-order valence-corrected chi connectivity index (χ4v) is 1.30. The first-order valence-electron chi connectivity index (χ1n) is 4.31. The quantitative estimate of drug-likeness (QED) is 0.618. The normalized spacial score (nSPS) is 18.3. The average Bonchev–Trinajstić information content (AvgIpc) is 2.04. The van der Waals surface area contributed by atoms with Crippen LogP contribution in [0.3, 0.4) is 0 Å². The van der Waals surface area contributed by atoms with Crippen LogP contribution in [0, 0.1) is 0 Å². The summed E-state index contributed by atoms with van der Waals surface area (Å²) in [7, 11) is 0. The van der Waals surface area contributed by atoms with Crippen LogP contribution in [0.5, 0.6) is 0 Å². The van der Waals surface area contributed by atoms with Crippen molar-refractivity contribution in [1.29, 1.82) is 0 Å². The molecule has 1 rings (SSSR count). The van der Waals surface area contributed by atoms with Gasteiger partial charge in [0.25, 0.3) is 0 Å². The molecule has 3 N–H and O–H groups in total. The molecule has 1 saturated heterocycles. The minimum absolute atomic E-state index is 0.213. The Kier molecular flexibility index (Phi) is 2.45. The molecule has 0 spiro atoms. The van der Waals surface area contributed by atoms with Gasteiger partial charge in [-0.1, -0.05) is 0 Å². The van der Waals surface area contributed by atoms with Crippen molar-refractivity contribution in [1.82, 2.24) is 10.2 Å². The first-order chi connectivity index (χ1) is 5.96. The van der Waals surface area contributed by atoms with Crippen LogP contribution >= 0.6 is 0 Å². The molecule has 1 aliphatic rings. The van der Waals surface area contributed by atoms with Crippen LogP contribution in [-0.2, 0) is 4.79 Å². The summed E-state index contributed by atoms with van der Waals surface area (Å²) in [4.78, 5) is 23.9. The molecule has 0 aromatic rings. The number of nitrogens with two attached hydrogens (primary N) is 1. The van der Waals surface area contributed by atoms with E-state index in [0.717, 1.165) is 6.42 Å². The average molecular weight is 185 g/mol. The maximum Gasteiger partial charge on any atom is 0.318 e. The Morgan fingerprint density at radius 3 is 2.69 bits per heavy atom. The van der Waals surface area contributed by atoms with E-state index in [1.165, 1.54) is 4.90 Å². The van der Waals surface area contributed by atoms with E-state index >= 15 is 0 Å². The zero-order valence-electron chi connectivity index (χ0n) is 7.96. The van der Waals surface area contributed by atoms with Crippen molar-refractivity contribution < 1.29 is 9.59 Å². The highest BCUT2D eigenvalue weighted by atomic mass is 16.2. The molecule has 74 valence electrons. The molecule has 5 nitrogen and oxygen atoms in total. The van der Waals surface area contributed by atoms with Crippen LogP contribution in [0.4, 0.5) is 4.79 Å². The van der Waals surface area contributed by atoms with Gasteiger partial charge >= 0.3 is 6.03 Å². The lowest BCUT2D eigenvalue weighted by Gasteiger charge is -2.38. The first kappa shape index (κ1) is 9.83. The van der Waals surface area contributed by atoms with Gasteiger partial charge in [-0.25, -0.2) is 4.79 Å². The van der Waals surface area contributed by atoms with E-state index in [-0.39, 0.29) is 6.03 Å². The van der Waals surface area contributed by atoms with Gasteiger partial charge in [0, 0.05) is 13.1 Å². The van der Waals surface area contributed by atoms with Gasteiger partial charge in [0.15, 0.2) is 0 Å². The Balaban J connectivity index is 2.79. The Hall–Kier alpha value is -1.26. The second kappa shape index (κ2) is 3.24. The summed E-state index contributed by atoms with van der Waals surface area (Å²) in [6.45, 7) is 4.56. The third-order valence-electron chi connectivity index (χ3n) is 2.36. The number of amides is 3. The number of rotatable bonds is 2. The van der Waals surface area contributed by atoms with E-state index < -0.39 is 11.4 Å². The highest BCUT2D eigenvalue weighted by molar-refractivity contribution is 5.89. The molecule has 0 aromatic heterocycles. The second-order valence-corrected chi connectivity index (χ2v) is 3.66. The fraction of sp³-hybridized carbons (Fsp3) is 0.750. The van der Waals surface area contributed by atoms with Crippen molar-refractivity contribution in [2.24, 2.45) is 5.73 Å². The van der Waals surface area contributed by atoms with E-state index in [9.17, 15) is 9.59 Å². The van der Waals surface area contributed by atoms with Gasteiger partial charge in [0.1, 0.15) is 5.54 Å². The zero-order chi connectivity index (χ0) is 10.1. The predicted octanol–water partition coefficient (Wildman–Crippen LogP) is -0.334. The van der Waals surface area contributed by atoms with Gasteiger partial charge in [-0.15, -0.1) is 0 Å². The molecule has 0 bridgehead atoms. The molecule has 1 aliphatic heterocycles. The van der Waals surface area contributed by atoms with Crippen molar-refractivity contribution in [2.75, 3.05) is 13.1 Å². The van der Waals surface area contributed by atoms with Crippen LogP contribution in [0.25, 0.3) is 0 Å². The zero-order valence-corrected chi connectivity index (χ0v) is 7.96. The second-order valence-electron chi connectivity index (χ2n) is 3.66. The highest BCUT2D eigenvalue weighted by Gasteiger charge is 2.37. The van der Waals surface area contributed by atoms with Gasteiger partial charge in [-0.2, -0.15) is 0 Å². The maximum atomic E-state index is 11.4. The number of primary amides is 1. The largest absolute Gasteiger partial charge is 0.368 e. The van der Waals surface area contributed by atoms with E-state index in [0.29, 0.717) is 13.1 Å². The Morgan fingerprint density at radius 1 is 1.62 bits per heavy atom. The number of carbonyl (C=O) groups excluding carboxylic acids is 2. The van der Waals surface area contributed by atoms with Crippen molar-refractivity contribution in [3.63, 3.8) is 0 Å². The minimum atomic E-state index is -0.898. The topological polar surface area (TPSA) is 75.4 Å². The lowest BCUT2D eigenvalue weighted by atomic mass is 10.0. The van der Waals surface area contributed by atoms with Gasteiger partial charge in [-0.05, 0) is 20.3 Å². The number of hydrogen-bond acceptors (Lipinski definition) is 2. The number of hydrogen-bond donors (Lipinski definition) is 2. The maximum absolute atomic E-state index is 11.4. The summed E-state index contributed by atoms with van der Waals surface area (Å²) in [5, 5.41) is 2.67. The Morgan fingerprint density at radius 2 is 2.23 bits per heavy atom. The van der Waals surface area contributed by atoms with E-state index in [2.05, 4.69) is 5.32 Å². The molecule has 0 aliphatic carbocycles. The van der Waals surface area contributed by atoms with Gasteiger partial charge < -0.3 is 16.0 Å². The van der Waals surface area contributed by atoms with Gasteiger partial charge in [0.2, 0.25) is 5.91 Å². The van der Waals surface area contributed by atoms with Crippen molar-refractivity contribution in [3.8, 4) is 0 Å². The summed E-state index contributed by atoms with van der Waals surface area (Å²) in [6, 6.07) is -0.213. The molecule has 13 heavy (non-hydrogen) atoms. The lowest BCUT2D eigenvalue weighted by Crippen LogP contribution is -2.61. The molecule has 5 heteroatoms. The standard InChI is InChI=1S/C8H15N3O2/c1-8(2,6(9)12)11-5-3-4-10-7(11)13/h3-5H2,1-2H3,(H2,9,12)(H,10,13). The summed E-state index contributed by atoms with van der Waals surface area (Å²) in [5.41, 5.74) is 4.30. The van der Waals surface area contributed by atoms with Crippen LogP contribution in [0.2, 0.25) is 0 Å². The molecular weight excluding hydrogens is 170 g/mol. The molecule has 0 atom stereocenters.